The Morgan fingerprint density at radius 1 is 1.38 bits per heavy atom. The largest absolute Gasteiger partial charge is 0.378 e. The molecule has 2 atom stereocenters. The molecule has 0 bridgehead atoms. The molecule has 1 aliphatic rings. The fourth-order valence-electron chi connectivity index (χ4n) is 2.48. The van der Waals surface area contributed by atoms with Crippen molar-refractivity contribution in [1.29, 1.82) is 0 Å². The molecule has 0 aromatic carbocycles. The number of hydrogen-bond donors (Lipinski definition) is 1. The van der Waals surface area contributed by atoms with E-state index in [0.717, 1.165) is 25.0 Å². The van der Waals surface area contributed by atoms with Crippen LogP contribution in [0.3, 0.4) is 0 Å². The van der Waals surface area contributed by atoms with Gasteiger partial charge < -0.3 is 10.1 Å². The van der Waals surface area contributed by atoms with Crippen molar-refractivity contribution in [3.8, 4) is 0 Å². The molecule has 2 unspecified atom stereocenters. The summed E-state index contributed by atoms with van der Waals surface area (Å²) >= 11 is 0. The highest BCUT2D eigenvalue weighted by atomic mass is 16.5. The first-order valence-corrected chi connectivity index (χ1v) is 7.06. The van der Waals surface area contributed by atoms with Gasteiger partial charge in [0.05, 0.1) is 6.10 Å². The summed E-state index contributed by atoms with van der Waals surface area (Å²) in [6.07, 6.45) is 7.10. The van der Waals surface area contributed by atoms with E-state index in [4.69, 9.17) is 4.74 Å². The van der Waals surface area contributed by atoms with Crippen molar-refractivity contribution in [2.75, 3.05) is 19.7 Å². The summed E-state index contributed by atoms with van der Waals surface area (Å²) in [5, 5.41) is 3.48. The van der Waals surface area contributed by atoms with Crippen molar-refractivity contribution in [2.45, 2.75) is 59.0 Å². The molecular weight excluding hydrogens is 198 g/mol. The van der Waals surface area contributed by atoms with Gasteiger partial charge in [0.15, 0.2) is 0 Å². The average molecular weight is 227 g/mol. The first kappa shape index (κ1) is 14.0. The van der Waals surface area contributed by atoms with E-state index in [2.05, 4.69) is 26.1 Å². The Labute approximate surface area is 101 Å². The van der Waals surface area contributed by atoms with Gasteiger partial charge in [-0.25, -0.2) is 0 Å². The quantitative estimate of drug-likeness (QED) is 0.687. The van der Waals surface area contributed by atoms with Crippen LogP contribution < -0.4 is 5.32 Å². The average Bonchev–Trinajstić information content (AvgIpc) is 2.75. The fourth-order valence-corrected chi connectivity index (χ4v) is 2.48. The predicted molar refractivity (Wildman–Crippen MR) is 69.7 cm³/mol. The summed E-state index contributed by atoms with van der Waals surface area (Å²) < 4.78 is 5.66. The maximum Gasteiger partial charge on any atom is 0.0576 e. The standard InChI is InChI=1S/C14H29NO/c1-4-15-11-13(12(2)3)7-5-8-14-9-6-10-16-14/h12-15H,4-11H2,1-3H3. The number of rotatable bonds is 8. The zero-order valence-electron chi connectivity index (χ0n) is 11.3. The van der Waals surface area contributed by atoms with Crippen LogP contribution in [0.5, 0.6) is 0 Å². The van der Waals surface area contributed by atoms with E-state index in [-0.39, 0.29) is 0 Å². The van der Waals surface area contributed by atoms with Gasteiger partial charge in [0.25, 0.3) is 0 Å². The van der Waals surface area contributed by atoms with E-state index >= 15 is 0 Å². The highest BCUT2D eigenvalue weighted by Crippen LogP contribution is 2.22. The second kappa shape index (κ2) is 8.08. The summed E-state index contributed by atoms with van der Waals surface area (Å²) in [7, 11) is 0. The molecule has 1 heterocycles. The molecule has 16 heavy (non-hydrogen) atoms. The van der Waals surface area contributed by atoms with Crippen LogP contribution >= 0.6 is 0 Å². The van der Waals surface area contributed by atoms with Gasteiger partial charge >= 0.3 is 0 Å². The third kappa shape index (κ3) is 5.31. The topological polar surface area (TPSA) is 21.3 Å². The fraction of sp³-hybridized carbons (Fsp3) is 1.00. The smallest absolute Gasteiger partial charge is 0.0576 e. The van der Waals surface area contributed by atoms with E-state index in [0.29, 0.717) is 6.10 Å². The molecule has 2 nitrogen and oxygen atoms in total. The lowest BCUT2D eigenvalue weighted by molar-refractivity contribution is 0.0998. The van der Waals surface area contributed by atoms with Crippen LogP contribution in [0.25, 0.3) is 0 Å². The van der Waals surface area contributed by atoms with Crippen LogP contribution in [0.15, 0.2) is 0 Å². The maximum atomic E-state index is 5.66. The van der Waals surface area contributed by atoms with Crippen LogP contribution in [-0.2, 0) is 4.74 Å². The Hall–Kier alpha value is -0.0800. The van der Waals surface area contributed by atoms with Crippen molar-refractivity contribution in [1.82, 2.24) is 5.32 Å². The molecule has 1 rings (SSSR count). The Balaban J connectivity index is 2.10. The molecule has 0 radical (unpaired) electrons. The minimum atomic E-state index is 0.576. The van der Waals surface area contributed by atoms with Gasteiger partial charge in [0.1, 0.15) is 0 Å². The van der Waals surface area contributed by atoms with Crippen molar-refractivity contribution >= 4 is 0 Å². The van der Waals surface area contributed by atoms with Crippen LogP contribution in [-0.4, -0.2) is 25.8 Å². The lowest BCUT2D eigenvalue weighted by Gasteiger charge is -2.21. The summed E-state index contributed by atoms with van der Waals surface area (Å²) in [6.45, 7) is 10.1. The van der Waals surface area contributed by atoms with Crippen LogP contribution in [0.4, 0.5) is 0 Å². The summed E-state index contributed by atoms with van der Waals surface area (Å²) in [5.41, 5.74) is 0. The second-order valence-corrected chi connectivity index (χ2v) is 5.38. The molecule has 1 N–H and O–H groups in total. The molecule has 0 aromatic rings. The van der Waals surface area contributed by atoms with Gasteiger partial charge in [-0.2, -0.15) is 0 Å². The van der Waals surface area contributed by atoms with E-state index in [1.165, 1.54) is 38.6 Å². The molecule has 1 aliphatic heterocycles. The third-order valence-electron chi connectivity index (χ3n) is 3.72. The Morgan fingerprint density at radius 2 is 2.19 bits per heavy atom. The van der Waals surface area contributed by atoms with Crippen molar-refractivity contribution in [3.63, 3.8) is 0 Å². The van der Waals surface area contributed by atoms with Gasteiger partial charge in [0, 0.05) is 6.61 Å². The summed E-state index contributed by atoms with van der Waals surface area (Å²) in [5.74, 6) is 1.63. The molecule has 0 spiro atoms. The lowest BCUT2D eigenvalue weighted by atomic mass is 9.90. The third-order valence-corrected chi connectivity index (χ3v) is 3.72. The van der Waals surface area contributed by atoms with Crippen molar-refractivity contribution < 1.29 is 4.74 Å². The normalized spacial score (nSPS) is 22.9. The predicted octanol–water partition coefficient (Wildman–Crippen LogP) is 3.22. The van der Waals surface area contributed by atoms with Crippen LogP contribution in [0, 0.1) is 11.8 Å². The lowest BCUT2D eigenvalue weighted by Crippen LogP contribution is -2.26. The number of ether oxygens (including phenoxy) is 1. The van der Waals surface area contributed by atoms with E-state index in [1.807, 2.05) is 0 Å². The molecular formula is C14H29NO. The van der Waals surface area contributed by atoms with E-state index < -0.39 is 0 Å². The molecule has 1 saturated heterocycles. The maximum absolute atomic E-state index is 5.66. The van der Waals surface area contributed by atoms with Gasteiger partial charge in [-0.3, -0.25) is 0 Å². The highest BCUT2D eigenvalue weighted by Gasteiger charge is 2.17. The van der Waals surface area contributed by atoms with Crippen molar-refractivity contribution in [2.24, 2.45) is 11.8 Å². The Kier molecular flexibility index (Phi) is 7.06. The Bertz CT molecular complexity index is 164. The minimum absolute atomic E-state index is 0.576. The molecule has 0 aromatic heterocycles. The molecule has 96 valence electrons. The summed E-state index contributed by atoms with van der Waals surface area (Å²) in [6, 6.07) is 0. The first-order chi connectivity index (χ1) is 7.74. The second-order valence-electron chi connectivity index (χ2n) is 5.38. The highest BCUT2D eigenvalue weighted by molar-refractivity contribution is 4.69. The monoisotopic (exact) mass is 227 g/mol. The van der Waals surface area contributed by atoms with Crippen LogP contribution in [0.1, 0.15) is 52.9 Å². The molecule has 0 amide bonds. The zero-order valence-corrected chi connectivity index (χ0v) is 11.3. The van der Waals surface area contributed by atoms with Crippen molar-refractivity contribution in [3.05, 3.63) is 0 Å². The Morgan fingerprint density at radius 3 is 2.75 bits per heavy atom. The van der Waals surface area contributed by atoms with Gasteiger partial charge in [-0.1, -0.05) is 27.2 Å². The molecule has 1 fully saturated rings. The van der Waals surface area contributed by atoms with Gasteiger partial charge in [-0.15, -0.1) is 0 Å². The first-order valence-electron chi connectivity index (χ1n) is 7.06. The van der Waals surface area contributed by atoms with E-state index in [1.54, 1.807) is 0 Å². The number of nitrogens with one attached hydrogen (secondary N) is 1. The zero-order chi connectivity index (χ0) is 11.8. The molecule has 0 saturated carbocycles. The SMILES string of the molecule is CCNCC(CCCC1CCCO1)C(C)C. The molecule has 2 heteroatoms. The molecule has 0 aliphatic carbocycles. The van der Waals surface area contributed by atoms with Gasteiger partial charge in [0.2, 0.25) is 0 Å². The van der Waals surface area contributed by atoms with Crippen LogP contribution in [0.2, 0.25) is 0 Å². The number of hydrogen-bond acceptors (Lipinski definition) is 2. The minimum Gasteiger partial charge on any atom is -0.378 e. The van der Waals surface area contributed by atoms with Gasteiger partial charge in [-0.05, 0) is 50.6 Å². The summed E-state index contributed by atoms with van der Waals surface area (Å²) in [4.78, 5) is 0. The van der Waals surface area contributed by atoms with E-state index in [9.17, 15) is 0 Å².